The molecule has 5 N–H and O–H groups in total. The van der Waals surface area contributed by atoms with Crippen molar-refractivity contribution in [3.8, 4) is 5.75 Å². The van der Waals surface area contributed by atoms with Crippen molar-refractivity contribution in [2.45, 2.75) is 44.1 Å². The number of piperidine rings is 1. The fraction of sp³-hybridized carbons (Fsp3) is 0.478. The predicted molar refractivity (Wildman–Crippen MR) is 126 cm³/mol. The summed E-state index contributed by atoms with van der Waals surface area (Å²) in [4.78, 5) is 11.6. The number of aliphatic hydroxyl groups excluding tert-OH is 1. The summed E-state index contributed by atoms with van der Waals surface area (Å²) in [5.41, 5.74) is 7.81. The molecule has 3 aromatic rings. The lowest BCUT2D eigenvalue weighted by Gasteiger charge is -2.40. The van der Waals surface area contributed by atoms with Gasteiger partial charge in [-0.3, -0.25) is 0 Å². The Balaban J connectivity index is 1.41. The SMILES string of the molecule is COC1(CN)CCN(c2nc(Nc3ccc4c(c3)NC(O)C(C)(C)O4)nc3ccoc23)CC1. The van der Waals surface area contributed by atoms with Gasteiger partial charge in [0.15, 0.2) is 17.6 Å². The fourth-order valence-electron chi connectivity index (χ4n) is 4.33. The second-order valence-electron chi connectivity index (χ2n) is 9.17. The van der Waals surface area contributed by atoms with Crippen LogP contribution in [0.1, 0.15) is 26.7 Å². The molecule has 2 aromatic heterocycles. The zero-order valence-corrected chi connectivity index (χ0v) is 19.1. The van der Waals surface area contributed by atoms with Gasteiger partial charge in [0.25, 0.3) is 0 Å². The highest BCUT2D eigenvalue weighted by Gasteiger charge is 2.36. The van der Waals surface area contributed by atoms with Crippen molar-refractivity contribution in [1.29, 1.82) is 0 Å². The average molecular weight is 455 g/mol. The maximum absolute atomic E-state index is 10.3. The number of rotatable bonds is 5. The number of hydrogen-bond acceptors (Lipinski definition) is 10. The van der Waals surface area contributed by atoms with Crippen LogP contribution in [0.15, 0.2) is 34.9 Å². The Kier molecular flexibility index (Phi) is 5.31. The minimum Gasteiger partial charge on any atom is -0.481 e. The van der Waals surface area contributed by atoms with E-state index in [0.717, 1.165) is 43.0 Å². The highest BCUT2D eigenvalue weighted by atomic mass is 16.5. The van der Waals surface area contributed by atoms with Gasteiger partial charge in [-0.2, -0.15) is 4.98 Å². The zero-order valence-electron chi connectivity index (χ0n) is 19.1. The van der Waals surface area contributed by atoms with Crippen LogP contribution in [-0.4, -0.2) is 59.2 Å². The molecule has 0 saturated carbocycles. The molecule has 0 radical (unpaired) electrons. The first-order valence-corrected chi connectivity index (χ1v) is 11.1. The van der Waals surface area contributed by atoms with Crippen LogP contribution in [0.3, 0.4) is 0 Å². The topological polar surface area (TPSA) is 131 Å². The number of aliphatic hydroxyl groups is 1. The van der Waals surface area contributed by atoms with Crippen molar-refractivity contribution >= 4 is 34.2 Å². The van der Waals surface area contributed by atoms with Crippen LogP contribution in [0.5, 0.6) is 5.75 Å². The van der Waals surface area contributed by atoms with Crippen molar-refractivity contribution in [1.82, 2.24) is 9.97 Å². The van der Waals surface area contributed by atoms with Crippen molar-refractivity contribution in [3.63, 3.8) is 0 Å². The summed E-state index contributed by atoms with van der Waals surface area (Å²) in [7, 11) is 1.72. The number of aromatic nitrogens is 2. The summed E-state index contributed by atoms with van der Waals surface area (Å²) >= 11 is 0. The standard InChI is InChI=1S/C23H30N6O4/c1-22(2)20(30)26-16-12-14(4-5-17(16)33-22)25-21-27-15-6-11-32-18(15)19(28-21)29-9-7-23(13-24,31-3)8-10-29/h4-6,11-12,20,26,30H,7-10,13,24H2,1-3H3,(H,25,27,28). The lowest BCUT2D eigenvalue weighted by atomic mass is 9.91. The van der Waals surface area contributed by atoms with Crippen LogP contribution in [0.2, 0.25) is 0 Å². The van der Waals surface area contributed by atoms with Crippen LogP contribution in [0.4, 0.5) is 23.1 Å². The minimum atomic E-state index is -0.822. The zero-order chi connectivity index (χ0) is 23.2. The van der Waals surface area contributed by atoms with E-state index in [1.807, 2.05) is 38.1 Å². The first-order valence-electron chi connectivity index (χ1n) is 11.1. The van der Waals surface area contributed by atoms with Crippen LogP contribution in [0.25, 0.3) is 11.1 Å². The summed E-state index contributed by atoms with van der Waals surface area (Å²) in [6.45, 7) is 5.67. The predicted octanol–water partition coefficient (Wildman–Crippen LogP) is 2.81. The first kappa shape index (κ1) is 21.7. The van der Waals surface area contributed by atoms with Gasteiger partial charge in [-0.25, -0.2) is 4.98 Å². The van der Waals surface area contributed by atoms with Crippen LogP contribution in [0, 0.1) is 0 Å². The number of hydrogen-bond donors (Lipinski definition) is 4. The molecule has 0 bridgehead atoms. The maximum Gasteiger partial charge on any atom is 0.229 e. The molecule has 1 unspecified atom stereocenters. The van der Waals surface area contributed by atoms with Gasteiger partial charge in [0, 0.05) is 38.5 Å². The summed E-state index contributed by atoms with van der Waals surface area (Å²) in [5.74, 6) is 1.88. The molecule has 0 aliphatic carbocycles. The second kappa shape index (κ2) is 8.05. The minimum absolute atomic E-state index is 0.287. The summed E-state index contributed by atoms with van der Waals surface area (Å²) in [6, 6.07) is 7.45. The Bertz CT molecular complexity index is 1150. The van der Waals surface area contributed by atoms with Gasteiger partial charge in [0.1, 0.15) is 16.9 Å². The molecule has 10 nitrogen and oxygen atoms in total. The van der Waals surface area contributed by atoms with Gasteiger partial charge >= 0.3 is 0 Å². The number of furan rings is 1. The van der Waals surface area contributed by atoms with E-state index in [9.17, 15) is 5.11 Å². The Morgan fingerprint density at radius 1 is 1.27 bits per heavy atom. The van der Waals surface area contributed by atoms with E-state index >= 15 is 0 Å². The Labute approximate surface area is 192 Å². The second-order valence-corrected chi connectivity index (χ2v) is 9.17. The molecule has 4 heterocycles. The lowest BCUT2D eigenvalue weighted by Crippen LogP contribution is -2.50. The van der Waals surface area contributed by atoms with Crippen molar-refractivity contribution in [3.05, 3.63) is 30.5 Å². The molecule has 0 amide bonds. The molecule has 10 heteroatoms. The summed E-state index contributed by atoms with van der Waals surface area (Å²) in [5, 5.41) is 16.7. The third-order valence-electron chi connectivity index (χ3n) is 6.62. The lowest BCUT2D eigenvalue weighted by molar-refractivity contribution is -0.0216. The van der Waals surface area contributed by atoms with E-state index in [0.29, 0.717) is 29.5 Å². The molecular formula is C23H30N6O4. The molecule has 33 heavy (non-hydrogen) atoms. The number of nitrogens with one attached hydrogen (secondary N) is 2. The fourth-order valence-corrected chi connectivity index (χ4v) is 4.33. The molecule has 2 aliphatic rings. The van der Waals surface area contributed by atoms with Gasteiger partial charge in [-0.15, -0.1) is 0 Å². The number of nitrogens with zero attached hydrogens (tertiary/aromatic N) is 3. The van der Waals surface area contributed by atoms with E-state index < -0.39 is 11.8 Å². The molecule has 176 valence electrons. The van der Waals surface area contributed by atoms with E-state index in [1.54, 1.807) is 13.4 Å². The van der Waals surface area contributed by atoms with Gasteiger partial charge in [0.05, 0.1) is 17.6 Å². The number of anilines is 4. The summed E-state index contributed by atoms with van der Waals surface area (Å²) < 4.78 is 17.3. The van der Waals surface area contributed by atoms with Crippen molar-refractivity contribution in [2.75, 3.05) is 42.3 Å². The molecular weight excluding hydrogens is 424 g/mol. The molecule has 1 saturated heterocycles. The highest BCUT2D eigenvalue weighted by Crippen LogP contribution is 2.38. The third-order valence-corrected chi connectivity index (χ3v) is 6.62. The van der Waals surface area contributed by atoms with Gasteiger partial charge < -0.3 is 40.3 Å². The number of benzene rings is 1. The largest absolute Gasteiger partial charge is 0.481 e. The highest BCUT2D eigenvalue weighted by molar-refractivity contribution is 5.86. The normalized spacial score (nSPS) is 21.2. The van der Waals surface area contributed by atoms with Crippen LogP contribution in [-0.2, 0) is 4.74 Å². The number of methoxy groups -OCH3 is 1. The maximum atomic E-state index is 10.3. The molecule has 1 atom stereocenters. The van der Waals surface area contributed by atoms with Gasteiger partial charge in [-0.1, -0.05) is 0 Å². The molecule has 0 spiro atoms. The van der Waals surface area contributed by atoms with E-state index in [-0.39, 0.29) is 5.60 Å². The average Bonchev–Trinajstić information content (AvgIpc) is 3.28. The summed E-state index contributed by atoms with van der Waals surface area (Å²) in [6.07, 6.45) is 2.42. The van der Waals surface area contributed by atoms with Gasteiger partial charge in [-0.05, 0) is 44.9 Å². The first-order chi connectivity index (χ1) is 15.8. The van der Waals surface area contributed by atoms with Crippen LogP contribution < -0.4 is 26.0 Å². The number of ether oxygens (including phenoxy) is 2. The Morgan fingerprint density at radius 3 is 2.79 bits per heavy atom. The van der Waals surface area contributed by atoms with Crippen molar-refractivity contribution < 1.29 is 19.0 Å². The van der Waals surface area contributed by atoms with E-state index in [2.05, 4.69) is 20.5 Å². The van der Waals surface area contributed by atoms with E-state index in [1.165, 1.54) is 0 Å². The smallest absolute Gasteiger partial charge is 0.229 e. The monoisotopic (exact) mass is 454 g/mol. The molecule has 2 aliphatic heterocycles. The van der Waals surface area contributed by atoms with E-state index in [4.69, 9.17) is 24.6 Å². The third kappa shape index (κ3) is 3.94. The molecule has 1 fully saturated rings. The quantitative estimate of drug-likeness (QED) is 0.456. The van der Waals surface area contributed by atoms with Crippen LogP contribution >= 0.6 is 0 Å². The van der Waals surface area contributed by atoms with Crippen molar-refractivity contribution in [2.24, 2.45) is 5.73 Å². The molecule has 5 rings (SSSR count). The Hall–Kier alpha value is -3.08. The number of fused-ring (bicyclic) bond motifs is 2. The molecule has 1 aromatic carbocycles. The number of nitrogens with two attached hydrogens (primary N) is 1. The Morgan fingerprint density at radius 2 is 2.06 bits per heavy atom. The van der Waals surface area contributed by atoms with Gasteiger partial charge in [0.2, 0.25) is 5.95 Å².